The monoisotopic (exact) mass is 410 g/mol. The van der Waals surface area contributed by atoms with E-state index in [1.807, 2.05) is 0 Å². The van der Waals surface area contributed by atoms with Crippen LogP contribution in [0.15, 0.2) is 22.7 Å². The van der Waals surface area contributed by atoms with Crippen LogP contribution in [0.2, 0.25) is 0 Å². The van der Waals surface area contributed by atoms with Crippen molar-refractivity contribution in [2.45, 2.75) is 24.4 Å². The van der Waals surface area contributed by atoms with Crippen molar-refractivity contribution in [2.24, 2.45) is 0 Å². The summed E-state index contributed by atoms with van der Waals surface area (Å²) >= 11 is 3.12. The average molecular weight is 411 g/mol. The van der Waals surface area contributed by atoms with E-state index >= 15 is 0 Å². The molecular weight excluding hydrogens is 398 g/mol. The van der Waals surface area contributed by atoms with E-state index in [0.29, 0.717) is 4.47 Å². The predicted molar refractivity (Wildman–Crippen MR) is 72.3 cm³/mol. The van der Waals surface area contributed by atoms with Crippen LogP contribution in [-0.4, -0.2) is 43.2 Å². The lowest BCUT2D eigenvalue weighted by atomic mass is 10.1. The summed E-state index contributed by atoms with van der Waals surface area (Å²) in [5.41, 5.74) is 0.259. The van der Waals surface area contributed by atoms with Crippen LogP contribution in [0, 0.1) is 0 Å². The Labute approximate surface area is 136 Å². The zero-order valence-electron chi connectivity index (χ0n) is 11.8. The van der Waals surface area contributed by atoms with Crippen molar-refractivity contribution < 1.29 is 40.9 Å². The third-order valence-corrected chi connectivity index (χ3v) is 3.39. The second-order valence-corrected chi connectivity index (χ2v) is 5.51. The molecule has 0 saturated heterocycles. The highest BCUT2D eigenvalue weighted by Gasteiger charge is 2.71. The maximum absolute atomic E-state index is 13.3. The summed E-state index contributed by atoms with van der Waals surface area (Å²) in [7, 11) is 1.30. The number of methoxy groups -OCH3 is 1. The zero-order chi connectivity index (χ0) is 17.9. The van der Waals surface area contributed by atoms with E-state index in [4.69, 9.17) is 9.84 Å². The molecule has 23 heavy (non-hydrogen) atoms. The minimum Gasteiger partial charge on any atom is -0.496 e. The van der Waals surface area contributed by atoms with Crippen molar-refractivity contribution in [3.05, 3.63) is 28.2 Å². The van der Waals surface area contributed by atoms with Crippen LogP contribution < -0.4 is 4.74 Å². The first-order valence-electron chi connectivity index (χ1n) is 6.13. The summed E-state index contributed by atoms with van der Waals surface area (Å²) in [4.78, 5) is 0. The van der Waals surface area contributed by atoms with Crippen molar-refractivity contribution in [3.63, 3.8) is 0 Å². The van der Waals surface area contributed by atoms with E-state index in [0.717, 1.165) is 0 Å². The molecule has 0 saturated carbocycles. The van der Waals surface area contributed by atoms with Crippen molar-refractivity contribution in [1.29, 1.82) is 0 Å². The highest BCUT2D eigenvalue weighted by atomic mass is 79.9. The van der Waals surface area contributed by atoms with Gasteiger partial charge in [-0.3, -0.25) is 0 Å². The highest BCUT2D eigenvalue weighted by Crippen LogP contribution is 2.45. The first-order valence-corrected chi connectivity index (χ1v) is 6.92. The summed E-state index contributed by atoms with van der Waals surface area (Å²) in [6, 6.07) is 4.51. The summed E-state index contributed by atoms with van der Waals surface area (Å²) in [6.45, 7) is -4.92. The van der Waals surface area contributed by atoms with Gasteiger partial charge in [-0.25, -0.2) is 0 Å². The molecule has 0 spiro atoms. The number of benzene rings is 1. The normalized spacial score (nSPS) is 13.3. The van der Waals surface area contributed by atoms with Gasteiger partial charge in [0.2, 0.25) is 0 Å². The SMILES string of the molecule is COc1ccc(Br)cc1COCC(F)(F)C(F)(F)C(F)(F)CO. The van der Waals surface area contributed by atoms with Crippen molar-refractivity contribution >= 4 is 15.9 Å². The van der Waals surface area contributed by atoms with Gasteiger partial charge in [0, 0.05) is 10.0 Å². The largest absolute Gasteiger partial charge is 0.496 e. The highest BCUT2D eigenvalue weighted by molar-refractivity contribution is 9.10. The van der Waals surface area contributed by atoms with Crippen LogP contribution >= 0.6 is 15.9 Å². The molecule has 132 valence electrons. The number of hydrogen-bond donors (Lipinski definition) is 1. The Morgan fingerprint density at radius 3 is 2.22 bits per heavy atom. The first-order chi connectivity index (χ1) is 10.5. The molecule has 1 N–H and O–H groups in total. The molecule has 1 aromatic rings. The zero-order valence-corrected chi connectivity index (χ0v) is 13.3. The molecule has 1 aromatic carbocycles. The fourth-order valence-corrected chi connectivity index (χ4v) is 2.02. The second-order valence-electron chi connectivity index (χ2n) is 4.59. The summed E-state index contributed by atoms with van der Waals surface area (Å²) < 4.78 is 88.5. The molecule has 0 aliphatic heterocycles. The average Bonchev–Trinajstić information content (AvgIpc) is 2.47. The quantitative estimate of drug-likeness (QED) is 0.661. The van der Waals surface area contributed by atoms with Gasteiger partial charge in [0.15, 0.2) is 0 Å². The lowest BCUT2D eigenvalue weighted by Crippen LogP contribution is -2.57. The summed E-state index contributed by atoms with van der Waals surface area (Å²) in [5, 5.41) is 8.17. The Kier molecular flexibility index (Phi) is 6.33. The van der Waals surface area contributed by atoms with Crippen LogP contribution in [0.5, 0.6) is 5.75 Å². The van der Waals surface area contributed by atoms with E-state index < -0.39 is 37.6 Å². The Morgan fingerprint density at radius 1 is 1.09 bits per heavy atom. The van der Waals surface area contributed by atoms with Crippen molar-refractivity contribution in [1.82, 2.24) is 0 Å². The van der Waals surface area contributed by atoms with Gasteiger partial charge in [-0.15, -0.1) is 0 Å². The minimum absolute atomic E-state index is 0.254. The van der Waals surface area contributed by atoms with Crippen LogP contribution in [0.4, 0.5) is 26.3 Å². The van der Waals surface area contributed by atoms with Gasteiger partial charge in [0.25, 0.3) is 0 Å². The van der Waals surface area contributed by atoms with Gasteiger partial charge in [0.05, 0.1) is 13.7 Å². The third kappa shape index (κ3) is 4.30. The molecule has 1 rings (SSSR count). The van der Waals surface area contributed by atoms with Crippen LogP contribution in [0.1, 0.15) is 5.56 Å². The molecule has 0 amide bonds. The molecule has 0 heterocycles. The van der Waals surface area contributed by atoms with Crippen molar-refractivity contribution in [3.8, 4) is 5.75 Å². The predicted octanol–water partition coefficient (Wildman–Crippen LogP) is 3.87. The van der Waals surface area contributed by atoms with Crippen LogP contribution in [0.25, 0.3) is 0 Å². The minimum atomic E-state index is -5.75. The number of ether oxygens (including phenoxy) is 2. The number of hydrogen-bond acceptors (Lipinski definition) is 3. The van der Waals surface area contributed by atoms with Gasteiger partial charge >= 0.3 is 17.8 Å². The van der Waals surface area contributed by atoms with Crippen molar-refractivity contribution in [2.75, 3.05) is 20.3 Å². The van der Waals surface area contributed by atoms with E-state index in [1.54, 1.807) is 6.07 Å². The molecular formula is C13H13BrF6O3. The number of rotatable bonds is 8. The topological polar surface area (TPSA) is 38.7 Å². The van der Waals surface area contributed by atoms with Gasteiger partial charge in [-0.05, 0) is 18.2 Å². The lowest BCUT2D eigenvalue weighted by molar-refractivity contribution is -0.326. The standard InChI is InChI=1S/C13H13BrF6O3/c1-22-10-3-2-9(14)4-8(10)5-23-7-12(17,18)13(19,20)11(15,16)6-21/h2-4,21H,5-7H2,1H3. The number of halogens is 7. The molecule has 0 unspecified atom stereocenters. The van der Waals surface area contributed by atoms with Crippen LogP contribution in [0.3, 0.4) is 0 Å². The summed E-state index contributed by atoms with van der Waals surface area (Å²) in [6.07, 6.45) is 0. The van der Waals surface area contributed by atoms with E-state index in [9.17, 15) is 26.3 Å². The molecule has 0 radical (unpaired) electrons. The Hall–Kier alpha value is -1.00. The fourth-order valence-electron chi connectivity index (χ4n) is 1.61. The number of aliphatic hydroxyl groups excluding tert-OH is 1. The third-order valence-electron chi connectivity index (χ3n) is 2.90. The number of aliphatic hydroxyl groups is 1. The Morgan fingerprint density at radius 2 is 1.70 bits per heavy atom. The molecule has 0 fully saturated rings. The first kappa shape index (κ1) is 20.0. The van der Waals surface area contributed by atoms with Gasteiger partial charge in [0.1, 0.15) is 19.0 Å². The molecule has 0 bridgehead atoms. The number of alkyl halides is 6. The fraction of sp³-hybridized carbons (Fsp3) is 0.538. The van der Waals surface area contributed by atoms with E-state index in [1.165, 1.54) is 19.2 Å². The molecule has 0 aliphatic rings. The molecule has 0 aromatic heterocycles. The maximum Gasteiger partial charge on any atom is 0.376 e. The maximum atomic E-state index is 13.3. The summed E-state index contributed by atoms with van der Waals surface area (Å²) in [5.74, 6) is -15.9. The smallest absolute Gasteiger partial charge is 0.376 e. The van der Waals surface area contributed by atoms with Crippen LogP contribution in [-0.2, 0) is 11.3 Å². The Balaban J connectivity index is 2.80. The molecule has 3 nitrogen and oxygen atoms in total. The Bertz CT molecular complexity index is 538. The molecule has 0 aliphatic carbocycles. The second kappa shape index (κ2) is 7.27. The van der Waals surface area contributed by atoms with Gasteiger partial charge in [-0.1, -0.05) is 15.9 Å². The van der Waals surface area contributed by atoms with Gasteiger partial charge < -0.3 is 14.6 Å². The molecule has 10 heteroatoms. The van der Waals surface area contributed by atoms with Gasteiger partial charge in [-0.2, -0.15) is 26.3 Å². The molecule has 0 atom stereocenters. The lowest BCUT2D eigenvalue weighted by Gasteiger charge is -2.31. The van der Waals surface area contributed by atoms with E-state index in [2.05, 4.69) is 20.7 Å². The van der Waals surface area contributed by atoms with E-state index in [-0.39, 0.29) is 11.3 Å².